The number of carbonyl (C=O) groups excluding carboxylic acids is 1. The Labute approximate surface area is 172 Å². The third-order valence-electron chi connectivity index (χ3n) is 5.28. The van der Waals surface area contributed by atoms with Gasteiger partial charge in [-0.15, -0.1) is 0 Å². The Kier molecular flexibility index (Phi) is 6.90. The van der Waals surface area contributed by atoms with Crippen LogP contribution in [0.2, 0.25) is 0 Å². The van der Waals surface area contributed by atoms with E-state index in [1.807, 2.05) is 0 Å². The van der Waals surface area contributed by atoms with Crippen LogP contribution in [0.5, 0.6) is 0 Å². The molecule has 1 saturated carbocycles. The SMILES string of the molecule is CS(=O)(=O)N(Cc1ccccc1F)c1ccc(C(=O)NC2CCCCCC2)cc1. The summed E-state index contributed by atoms with van der Waals surface area (Å²) in [5.74, 6) is -0.607. The van der Waals surface area contributed by atoms with Gasteiger partial charge in [0, 0.05) is 17.2 Å². The molecule has 5 nitrogen and oxygen atoms in total. The van der Waals surface area contributed by atoms with Gasteiger partial charge in [-0.05, 0) is 43.2 Å². The smallest absolute Gasteiger partial charge is 0.251 e. The fourth-order valence-corrected chi connectivity index (χ4v) is 4.53. The molecule has 1 aliphatic carbocycles. The third kappa shape index (κ3) is 5.79. The molecule has 0 bridgehead atoms. The molecule has 0 aromatic heterocycles. The van der Waals surface area contributed by atoms with Crippen molar-refractivity contribution in [2.45, 2.75) is 51.1 Å². The van der Waals surface area contributed by atoms with Gasteiger partial charge in [-0.2, -0.15) is 0 Å². The molecule has 0 saturated heterocycles. The largest absolute Gasteiger partial charge is 0.349 e. The van der Waals surface area contributed by atoms with Crippen molar-refractivity contribution in [3.8, 4) is 0 Å². The Hall–Kier alpha value is -2.41. The van der Waals surface area contributed by atoms with Gasteiger partial charge < -0.3 is 5.32 Å². The van der Waals surface area contributed by atoms with Crippen LogP contribution in [0.15, 0.2) is 48.5 Å². The van der Waals surface area contributed by atoms with Crippen molar-refractivity contribution in [3.05, 3.63) is 65.5 Å². The van der Waals surface area contributed by atoms with E-state index in [4.69, 9.17) is 0 Å². The maximum atomic E-state index is 14.0. The quantitative estimate of drug-likeness (QED) is 0.714. The standard InChI is InChI=1S/C22H27FN2O3S/c1-29(27,28)25(16-18-8-6-7-11-21(18)23)20-14-12-17(13-15-20)22(26)24-19-9-4-2-3-5-10-19/h6-8,11-15,19H,2-5,9-10,16H2,1H3,(H,24,26). The second kappa shape index (κ2) is 9.39. The summed E-state index contributed by atoms with van der Waals surface area (Å²) in [5, 5.41) is 3.08. The van der Waals surface area contributed by atoms with Crippen LogP contribution >= 0.6 is 0 Å². The molecule has 29 heavy (non-hydrogen) atoms. The molecule has 2 aromatic carbocycles. The van der Waals surface area contributed by atoms with Crippen molar-refractivity contribution >= 4 is 21.6 Å². The van der Waals surface area contributed by atoms with E-state index in [-0.39, 0.29) is 24.1 Å². The summed E-state index contributed by atoms with van der Waals surface area (Å²) in [7, 11) is -3.63. The number of carbonyl (C=O) groups is 1. The zero-order valence-corrected chi connectivity index (χ0v) is 17.4. The second-order valence-corrected chi connectivity index (χ2v) is 9.48. The topological polar surface area (TPSA) is 66.5 Å². The normalized spacial score (nSPS) is 15.5. The van der Waals surface area contributed by atoms with E-state index in [0.717, 1.165) is 36.2 Å². The van der Waals surface area contributed by atoms with Crippen LogP contribution in [0.3, 0.4) is 0 Å². The number of sulfonamides is 1. The number of anilines is 1. The van der Waals surface area contributed by atoms with Crippen LogP contribution in [-0.2, 0) is 16.6 Å². The van der Waals surface area contributed by atoms with Gasteiger partial charge in [0.2, 0.25) is 10.0 Å². The zero-order chi connectivity index (χ0) is 20.9. The molecule has 0 radical (unpaired) electrons. The summed E-state index contributed by atoms with van der Waals surface area (Å²) in [6, 6.07) is 12.7. The first kappa shape index (κ1) is 21.3. The average Bonchev–Trinajstić information content (AvgIpc) is 2.95. The Balaban J connectivity index is 1.75. The molecular weight excluding hydrogens is 391 g/mol. The lowest BCUT2D eigenvalue weighted by Crippen LogP contribution is -2.34. The maximum Gasteiger partial charge on any atom is 0.251 e. The highest BCUT2D eigenvalue weighted by molar-refractivity contribution is 7.92. The third-order valence-corrected chi connectivity index (χ3v) is 6.42. The van der Waals surface area contributed by atoms with E-state index in [2.05, 4.69) is 5.32 Å². The lowest BCUT2D eigenvalue weighted by molar-refractivity contribution is 0.0933. The Morgan fingerprint density at radius 1 is 1.03 bits per heavy atom. The summed E-state index contributed by atoms with van der Waals surface area (Å²) >= 11 is 0. The molecule has 156 valence electrons. The number of hydrogen-bond donors (Lipinski definition) is 1. The van der Waals surface area contributed by atoms with Crippen LogP contribution in [0, 0.1) is 5.82 Å². The highest BCUT2D eigenvalue weighted by Crippen LogP contribution is 2.23. The highest BCUT2D eigenvalue weighted by Gasteiger charge is 2.20. The lowest BCUT2D eigenvalue weighted by atomic mass is 10.1. The Morgan fingerprint density at radius 3 is 2.24 bits per heavy atom. The van der Waals surface area contributed by atoms with Gasteiger partial charge in [-0.3, -0.25) is 9.10 Å². The van der Waals surface area contributed by atoms with Gasteiger partial charge in [-0.1, -0.05) is 43.9 Å². The van der Waals surface area contributed by atoms with E-state index in [0.29, 0.717) is 11.3 Å². The summed E-state index contributed by atoms with van der Waals surface area (Å²) in [6.07, 6.45) is 7.75. The summed E-state index contributed by atoms with van der Waals surface area (Å²) in [6.45, 7) is -0.112. The highest BCUT2D eigenvalue weighted by atomic mass is 32.2. The molecule has 0 aliphatic heterocycles. The van der Waals surface area contributed by atoms with Gasteiger partial charge in [0.15, 0.2) is 0 Å². The minimum Gasteiger partial charge on any atom is -0.349 e. The Morgan fingerprint density at radius 2 is 1.66 bits per heavy atom. The number of hydrogen-bond acceptors (Lipinski definition) is 3. The molecule has 1 amide bonds. The number of rotatable bonds is 6. The molecule has 2 aromatic rings. The molecule has 0 spiro atoms. The van der Waals surface area contributed by atoms with E-state index < -0.39 is 15.8 Å². The predicted molar refractivity (Wildman–Crippen MR) is 113 cm³/mol. The van der Waals surface area contributed by atoms with E-state index in [1.54, 1.807) is 42.5 Å². The number of halogens is 1. The van der Waals surface area contributed by atoms with E-state index >= 15 is 0 Å². The molecule has 1 fully saturated rings. The fraction of sp³-hybridized carbons (Fsp3) is 0.409. The van der Waals surface area contributed by atoms with Crippen molar-refractivity contribution in [3.63, 3.8) is 0 Å². The van der Waals surface area contributed by atoms with Crippen LogP contribution in [-0.4, -0.2) is 26.6 Å². The first-order valence-electron chi connectivity index (χ1n) is 9.96. The predicted octanol–water partition coefficient (Wildman–Crippen LogP) is 4.24. The van der Waals surface area contributed by atoms with Gasteiger partial charge >= 0.3 is 0 Å². The van der Waals surface area contributed by atoms with Crippen molar-refractivity contribution in [1.82, 2.24) is 5.32 Å². The minimum atomic E-state index is -3.63. The molecule has 0 heterocycles. The molecular formula is C22H27FN2O3S. The maximum absolute atomic E-state index is 14.0. The summed E-state index contributed by atoms with van der Waals surface area (Å²) in [5.41, 5.74) is 1.16. The molecule has 7 heteroatoms. The van der Waals surface area contributed by atoms with Gasteiger partial charge in [0.1, 0.15) is 5.82 Å². The van der Waals surface area contributed by atoms with Crippen LogP contribution in [0.25, 0.3) is 0 Å². The first-order chi connectivity index (χ1) is 13.8. The molecule has 1 N–H and O–H groups in total. The van der Waals surface area contributed by atoms with Crippen LogP contribution in [0.1, 0.15) is 54.4 Å². The van der Waals surface area contributed by atoms with Crippen molar-refractivity contribution in [2.75, 3.05) is 10.6 Å². The fourth-order valence-electron chi connectivity index (χ4n) is 3.65. The summed E-state index contributed by atoms with van der Waals surface area (Å²) in [4.78, 5) is 12.5. The van der Waals surface area contributed by atoms with E-state index in [1.165, 1.54) is 18.9 Å². The lowest BCUT2D eigenvalue weighted by Gasteiger charge is -2.23. The summed E-state index contributed by atoms with van der Waals surface area (Å²) < 4.78 is 39.7. The molecule has 3 rings (SSSR count). The van der Waals surface area contributed by atoms with Crippen molar-refractivity contribution in [1.29, 1.82) is 0 Å². The van der Waals surface area contributed by atoms with Gasteiger partial charge in [0.25, 0.3) is 5.91 Å². The monoisotopic (exact) mass is 418 g/mol. The number of nitrogens with one attached hydrogen (secondary N) is 1. The molecule has 0 unspecified atom stereocenters. The molecule has 1 aliphatic rings. The van der Waals surface area contributed by atoms with Crippen molar-refractivity contribution in [2.24, 2.45) is 0 Å². The zero-order valence-electron chi connectivity index (χ0n) is 16.6. The average molecular weight is 419 g/mol. The number of amides is 1. The van der Waals surface area contributed by atoms with Crippen LogP contribution < -0.4 is 9.62 Å². The number of nitrogens with zero attached hydrogens (tertiary/aromatic N) is 1. The first-order valence-corrected chi connectivity index (χ1v) is 11.8. The van der Waals surface area contributed by atoms with Crippen molar-refractivity contribution < 1.29 is 17.6 Å². The van der Waals surface area contributed by atoms with Crippen LogP contribution in [0.4, 0.5) is 10.1 Å². The van der Waals surface area contributed by atoms with Gasteiger partial charge in [-0.25, -0.2) is 12.8 Å². The second-order valence-electron chi connectivity index (χ2n) is 7.57. The molecule has 0 atom stereocenters. The van der Waals surface area contributed by atoms with Gasteiger partial charge in [0.05, 0.1) is 18.5 Å². The van der Waals surface area contributed by atoms with E-state index in [9.17, 15) is 17.6 Å². The minimum absolute atomic E-state index is 0.112. The Bertz CT molecular complexity index is 937. The number of benzene rings is 2.